The maximum Gasteiger partial charge on any atom is 0.433 e. The Labute approximate surface area is 220 Å². The van der Waals surface area contributed by atoms with Crippen LogP contribution in [-0.2, 0) is 16.2 Å². The molecule has 0 amide bonds. The van der Waals surface area contributed by atoms with Gasteiger partial charge in [-0.1, -0.05) is 54.1 Å². The van der Waals surface area contributed by atoms with E-state index in [0.29, 0.717) is 11.3 Å². The maximum atomic E-state index is 12.9. The number of nitrogens with zero attached hydrogens (tertiary/aromatic N) is 3. The van der Waals surface area contributed by atoms with Gasteiger partial charge in [-0.05, 0) is 35.9 Å². The number of benzene rings is 2. The SMILES string of the molecule is COc1ccccc1Oc1c(Cl)nc(-c2ccc(C(F)(F)F)nc2)nc1NS(=O)(=O)/C=C/c1ccccc1. The van der Waals surface area contributed by atoms with Gasteiger partial charge in [0.25, 0.3) is 10.0 Å². The number of para-hydroxylation sites is 2. The smallest absolute Gasteiger partial charge is 0.433 e. The monoisotopic (exact) mass is 562 g/mol. The van der Waals surface area contributed by atoms with Gasteiger partial charge in [0.05, 0.1) is 12.5 Å². The first-order valence-corrected chi connectivity index (χ1v) is 12.7. The predicted octanol–water partition coefficient (Wildman–Crippen LogP) is 6.42. The molecule has 4 rings (SSSR count). The molecule has 0 radical (unpaired) electrons. The summed E-state index contributed by atoms with van der Waals surface area (Å²) in [5.41, 5.74) is -0.430. The van der Waals surface area contributed by atoms with Crippen LogP contribution in [0.15, 0.2) is 78.3 Å². The summed E-state index contributed by atoms with van der Waals surface area (Å²) in [7, 11) is -2.74. The summed E-state index contributed by atoms with van der Waals surface area (Å²) in [5.74, 6) is -0.296. The van der Waals surface area contributed by atoms with Crippen molar-refractivity contribution in [3.05, 3.63) is 94.7 Å². The minimum Gasteiger partial charge on any atom is -0.493 e. The van der Waals surface area contributed by atoms with E-state index in [1.807, 2.05) is 0 Å². The van der Waals surface area contributed by atoms with Crippen LogP contribution in [0.5, 0.6) is 17.2 Å². The van der Waals surface area contributed by atoms with Crippen molar-refractivity contribution in [1.82, 2.24) is 15.0 Å². The Morgan fingerprint density at radius 2 is 1.63 bits per heavy atom. The highest BCUT2D eigenvalue weighted by atomic mass is 35.5. The molecule has 0 fully saturated rings. The zero-order chi connectivity index (χ0) is 27.3. The molecule has 0 atom stereocenters. The number of alkyl halides is 3. The molecule has 0 aliphatic rings. The van der Waals surface area contributed by atoms with E-state index in [-0.39, 0.29) is 33.9 Å². The Bertz CT molecular complexity index is 1570. The third-order valence-electron chi connectivity index (χ3n) is 4.90. The molecule has 196 valence electrons. The average molecular weight is 563 g/mol. The van der Waals surface area contributed by atoms with Gasteiger partial charge in [0.2, 0.25) is 5.75 Å². The first-order chi connectivity index (χ1) is 18.1. The Kier molecular flexibility index (Phi) is 7.83. The molecule has 8 nitrogen and oxygen atoms in total. The second-order valence-corrected chi connectivity index (χ2v) is 9.48. The highest BCUT2D eigenvalue weighted by molar-refractivity contribution is 7.95. The normalized spacial score (nSPS) is 11.9. The number of pyridine rings is 1. The van der Waals surface area contributed by atoms with Gasteiger partial charge >= 0.3 is 6.18 Å². The molecule has 0 aliphatic carbocycles. The number of sulfonamides is 1. The standard InChI is InChI=1S/C25H18ClF3N4O4S/c1-36-18-9-5-6-10-19(18)37-21-22(26)31-23(17-11-12-20(30-15-17)25(27,28)29)32-24(21)33-38(34,35)14-13-16-7-3-2-4-8-16/h2-15H,1H3,(H,31,32,33)/b14-13+. The quantitative estimate of drug-likeness (QED) is 0.247. The second kappa shape index (κ2) is 11.1. The predicted molar refractivity (Wildman–Crippen MR) is 136 cm³/mol. The number of ether oxygens (including phenoxy) is 2. The third-order valence-corrected chi connectivity index (χ3v) is 6.12. The van der Waals surface area contributed by atoms with Gasteiger partial charge in [0.15, 0.2) is 28.3 Å². The van der Waals surface area contributed by atoms with Crippen molar-refractivity contribution in [2.24, 2.45) is 0 Å². The number of nitrogens with one attached hydrogen (secondary N) is 1. The van der Waals surface area contributed by atoms with Gasteiger partial charge in [-0.15, -0.1) is 0 Å². The van der Waals surface area contributed by atoms with Crippen LogP contribution in [-0.4, -0.2) is 30.5 Å². The van der Waals surface area contributed by atoms with E-state index >= 15 is 0 Å². The molecule has 13 heteroatoms. The summed E-state index contributed by atoms with van der Waals surface area (Å²) < 4.78 is 77.9. The topological polar surface area (TPSA) is 103 Å². The lowest BCUT2D eigenvalue weighted by molar-refractivity contribution is -0.141. The van der Waals surface area contributed by atoms with Crippen LogP contribution >= 0.6 is 11.6 Å². The molecular weight excluding hydrogens is 545 g/mol. The summed E-state index contributed by atoms with van der Waals surface area (Å²) in [6, 6.07) is 17.0. The van der Waals surface area contributed by atoms with Crippen molar-refractivity contribution in [3.63, 3.8) is 0 Å². The minimum atomic E-state index is -4.64. The zero-order valence-corrected chi connectivity index (χ0v) is 21.1. The Morgan fingerprint density at radius 3 is 2.26 bits per heavy atom. The highest BCUT2D eigenvalue weighted by Crippen LogP contribution is 2.40. The Hall–Kier alpha value is -4.16. The first kappa shape index (κ1) is 26.9. The van der Waals surface area contributed by atoms with Gasteiger partial charge in [0, 0.05) is 11.8 Å². The molecule has 0 aliphatic heterocycles. The fourth-order valence-electron chi connectivity index (χ4n) is 3.12. The number of aromatic nitrogens is 3. The second-order valence-electron chi connectivity index (χ2n) is 7.56. The van der Waals surface area contributed by atoms with E-state index in [0.717, 1.165) is 23.7 Å². The van der Waals surface area contributed by atoms with Gasteiger partial charge in [-0.25, -0.2) is 18.4 Å². The fourth-order valence-corrected chi connectivity index (χ4v) is 4.14. The summed E-state index contributed by atoms with van der Waals surface area (Å²) >= 11 is 6.37. The van der Waals surface area contributed by atoms with Crippen LogP contribution in [0, 0.1) is 0 Å². The lowest BCUT2D eigenvalue weighted by Gasteiger charge is -2.15. The maximum absolute atomic E-state index is 12.9. The lowest BCUT2D eigenvalue weighted by Crippen LogP contribution is -2.13. The Balaban J connectivity index is 1.76. The molecule has 0 unspecified atom stereocenters. The van der Waals surface area contributed by atoms with Crippen molar-refractivity contribution in [2.45, 2.75) is 6.18 Å². The summed E-state index contributed by atoms with van der Waals surface area (Å²) in [6.07, 6.45) is -2.37. The lowest BCUT2D eigenvalue weighted by atomic mass is 10.2. The molecule has 0 bridgehead atoms. The average Bonchev–Trinajstić information content (AvgIpc) is 2.89. The van der Waals surface area contributed by atoms with Crippen molar-refractivity contribution >= 4 is 33.5 Å². The van der Waals surface area contributed by atoms with Crippen molar-refractivity contribution in [3.8, 4) is 28.6 Å². The summed E-state index contributed by atoms with van der Waals surface area (Å²) in [5, 5.41) is 0.607. The molecule has 0 saturated carbocycles. The van der Waals surface area contributed by atoms with Gasteiger partial charge in [-0.2, -0.15) is 13.2 Å². The van der Waals surface area contributed by atoms with Crippen LogP contribution in [0.25, 0.3) is 17.5 Å². The molecule has 4 aromatic rings. The van der Waals surface area contributed by atoms with E-state index in [1.54, 1.807) is 54.6 Å². The van der Waals surface area contributed by atoms with Crippen LogP contribution in [0.1, 0.15) is 11.3 Å². The van der Waals surface area contributed by atoms with E-state index in [2.05, 4.69) is 19.7 Å². The number of hydrogen-bond donors (Lipinski definition) is 1. The Morgan fingerprint density at radius 1 is 0.947 bits per heavy atom. The molecule has 0 saturated heterocycles. The van der Waals surface area contributed by atoms with Gasteiger partial charge in [0.1, 0.15) is 5.69 Å². The van der Waals surface area contributed by atoms with E-state index in [9.17, 15) is 21.6 Å². The van der Waals surface area contributed by atoms with E-state index in [1.165, 1.54) is 13.2 Å². The van der Waals surface area contributed by atoms with Crippen molar-refractivity contribution < 1.29 is 31.1 Å². The van der Waals surface area contributed by atoms with Gasteiger partial charge < -0.3 is 9.47 Å². The fraction of sp³-hybridized carbons (Fsp3) is 0.0800. The largest absolute Gasteiger partial charge is 0.493 e. The molecular formula is C25H18ClF3N4O4S. The number of methoxy groups -OCH3 is 1. The number of hydrogen-bond acceptors (Lipinski definition) is 7. The highest BCUT2D eigenvalue weighted by Gasteiger charge is 2.32. The van der Waals surface area contributed by atoms with E-state index in [4.69, 9.17) is 21.1 Å². The summed E-state index contributed by atoms with van der Waals surface area (Å²) in [6.45, 7) is 0. The van der Waals surface area contributed by atoms with Crippen molar-refractivity contribution in [1.29, 1.82) is 0 Å². The minimum absolute atomic E-state index is 0.0593. The number of rotatable bonds is 8. The zero-order valence-electron chi connectivity index (χ0n) is 19.5. The van der Waals surface area contributed by atoms with Crippen LogP contribution < -0.4 is 14.2 Å². The van der Waals surface area contributed by atoms with Crippen molar-refractivity contribution in [2.75, 3.05) is 11.8 Å². The molecule has 38 heavy (non-hydrogen) atoms. The molecule has 2 aromatic heterocycles. The van der Waals surface area contributed by atoms with E-state index < -0.39 is 21.9 Å². The van der Waals surface area contributed by atoms with Crippen LogP contribution in [0.4, 0.5) is 19.0 Å². The molecule has 1 N–H and O–H groups in total. The first-order valence-electron chi connectivity index (χ1n) is 10.7. The van der Waals surface area contributed by atoms with Gasteiger partial charge in [-0.3, -0.25) is 9.71 Å². The van der Waals surface area contributed by atoms with Crippen LogP contribution in [0.3, 0.4) is 0 Å². The number of anilines is 1. The molecule has 0 spiro atoms. The molecule has 2 heterocycles. The summed E-state index contributed by atoms with van der Waals surface area (Å²) in [4.78, 5) is 11.7. The van der Waals surface area contributed by atoms with Crippen LogP contribution in [0.2, 0.25) is 5.15 Å². The molecule has 2 aromatic carbocycles. The number of halogens is 4. The third kappa shape index (κ3) is 6.58.